The molecule has 170 valence electrons. The summed E-state index contributed by atoms with van der Waals surface area (Å²) < 4.78 is 45.6. The number of benzene rings is 1. The van der Waals surface area contributed by atoms with Gasteiger partial charge in [-0.2, -0.15) is 13.2 Å². The van der Waals surface area contributed by atoms with Crippen molar-refractivity contribution in [2.75, 3.05) is 7.11 Å². The van der Waals surface area contributed by atoms with Crippen molar-refractivity contribution in [1.82, 2.24) is 14.6 Å². The lowest BCUT2D eigenvalue weighted by Gasteiger charge is -2.32. The Hall–Kier alpha value is -2.72. The van der Waals surface area contributed by atoms with Gasteiger partial charge in [0.25, 0.3) is 0 Å². The van der Waals surface area contributed by atoms with Gasteiger partial charge in [0, 0.05) is 6.20 Å². The quantitative estimate of drug-likeness (QED) is 0.449. The highest BCUT2D eigenvalue weighted by Gasteiger charge is 2.40. The molecular formula is C22H24F3N3O3Si. The lowest BCUT2D eigenvalue weighted by atomic mass is 9.84. The molecule has 0 bridgehead atoms. The van der Waals surface area contributed by atoms with Crippen LogP contribution in [0.1, 0.15) is 47.5 Å². The molecule has 0 unspecified atom stereocenters. The zero-order valence-electron chi connectivity index (χ0n) is 18.4. The van der Waals surface area contributed by atoms with Crippen LogP contribution in [-0.4, -0.2) is 42.3 Å². The van der Waals surface area contributed by atoms with Crippen molar-refractivity contribution in [3.63, 3.8) is 0 Å². The van der Waals surface area contributed by atoms with E-state index in [1.807, 2.05) is 25.1 Å². The molecule has 3 aromatic rings. The fourth-order valence-corrected chi connectivity index (χ4v) is 5.33. The Bertz CT molecular complexity index is 1160. The predicted molar refractivity (Wildman–Crippen MR) is 114 cm³/mol. The van der Waals surface area contributed by atoms with Crippen LogP contribution in [0, 0.1) is 19.3 Å². The summed E-state index contributed by atoms with van der Waals surface area (Å²) in [7, 11) is 1.35. The Balaban J connectivity index is 2.12. The van der Waals surface area contributed by atoms with E-state index in [4.69, 9.17) is 4.74 Å². The van der Waals surface area contributed by atoms with Gasteiger partial charge >= 0.3 is 12.1 Å². The number of methoxy groups -OCH3 is 1. The standard InChI is InChI=1S/C22H24F3N3O3Si/c1-12-6-7-14(10-15(12)11-29)17(21(3,4)20(30)31-5)32-16-8-9-28-18(13(16)2)26-27-19(28)22(23,24)25/h6-10,17,29H,11H2,1-5H3/t17-/m1/s1. The second kappa shape index (κ2) is 8.66. The number of aliphatic hydroxyl groups is 1. The number of aromatic nitrogens is 3. The molecule has 0 amide bonds. The number of carbonyl (C=O) groups excluding carboxylic acids is 1. The van der Waals surface area contributed by atoms with E-state index >= 15 is 0 Å². The molecule has 10 heteroatoms. The van der Waals surface area contributed by atoms with E-state index in [9.17, 15) is 23.1 Å². The number of hydrogen-bond donors (Lipinski definition) is 1. The maximum absolute atomic E-state index is 13.2. The number of aliphatic hydroxyl groups excluding tert-OH is 1. The highest BCUT2D eigenvalue weighted by molar-refractivity contribution is 6.56. The smallest absolute Gasteiger partial charge is 0.452 e. The molecule has 2 radical (unpaired) electrons. The molecule has 0 saturated heterocycles. The Morgan fingerprint density at radius 1 is 1.22 bits per heavy atom. The second-order valence-electron chi connectivity index (χ2n) is 8.20. The van der Waals surface area contributed by atoms with Gasteiger partial charge in [-0.15, -0.1) is 10.2 Å². The third-order valence-electron chi connectivity index (χ3n) is 5.69. The average molecular weight is 464 g/mol. The van der Waals surface area contributed by atoms with Crippen molar-refractivity contribution < 1.29 is 27.8 Å². The molecular weight excluding hydrogens is 439 g/mol. The van der Waals surface area contributed by atoms with Gasteiger partial charge in [0.15, 0.2) is 5.65 Å². The number of hydrogen-bond acceptors (Lipinski definition) is 5. The largest absolute Gasteiger partial charge is 0.469 e. The van der Waals surface area contributed by atoms with Crippen molar-refractivity contribution in [3.05, 3.63) is 58.5 Å². The molecule has 0 aliphatic heterocycles. The Labute approximate surface area is 186 Å². The van der Waals surface area contributed by atoms with Gasteiger partial charge in [-0.05, 0) is 61.6 Å². The molecule has 0 spiro atoms. The van der Waals surface area contributed by atoms with Crippen LogP contribution >= 0.6 is 0 Å². The number of aryl methyl sites for hydroxylation is 2. The van der Waals surface area contributed by atoms with Gasteiger partial charge in [-0.1, -0.05) is 23.4 Å². The molecule has 3 rings (SSSR count). The molecule has 2 heterocycles. The van der Waals surface area contributed by atoms with Gasteiger partial charge in [-0.25, -0.2) is 0 Å². The van der Waals surface area contributed by atoms with Crippen LogP contribution < -0.4 is 5.19 Å². The highest BCUT2D eigenvalue weighted by Crippen LogP contribution is 2.37. The van der Waals surface area contributed by atoms with Crippen LogP contribution in [0.25, 0.3) is 5.65 Å². The number of esters is 1. The van der Waals surface area contributed by atoms with E-state index in [2.05, 4.69) is 10.2 Å². The van der Waals surface area contributed by atoms with E-state index in [0.717, 1.165) is 26.3 Å². The molecule has 32 heavy (non-hydrogen) atoms. The summed E-state index contributed by atoms with van der Waals surface area (Å²) >= 11 is 0. The van der Waals surface area contributed by atoms with Crippen LogP contribution in [-0.2, 0) is 22.3 Å². The van der Waals surface area contributed by atoms with E-state index < -0.39 is 23.4 Å². The van der Waals surface area contributed by atoms with Gasteiger partial charge in [0.2, 0.25) is 5.82 Å². The van der Waals surface area contributed by atoms with E-state index in [1.165, 1.54) is 13.3 Å². The zero-order chi connectivity index (χ0) is 23.8. The minimum atomic E-state index is -4.62. The van der Waals surface area contributed by atoms with E-state index in [1.54, 1.807) is 26.8 Å². The lowest BCUT2D eigenvalue weighted by molar-refractivity contribution is -0.151. The fraction of sp³-hybridized carbons (Fsp3) is 0.409. The molecule has 0 aliphatic carbocycles. The summed E-state index contributed by atoms with van der Waals surface area (Å²) in [6.45, 7) is 7.01. The topological polar surface area (TPSA) is 76.7 Å². The van der Waals surface area contributed by atoms with Crippen molar-refractivity contribution >= 4 is 26.3 Å². The predicted octanol–water partition coefficient (Wildman–Crippen LogP) is 3.13. The molecule has 0 fully saturated rings. The molecule has 6 nitrogen and oxygen atoms in total. The van der Waals surface area contributed by atoms with Gasteiger partial charge < -0.3 is 9.84 Å². The van der Waals surface area contributed by atoms with Crippen LogP contribution in [0.2, 0.25) is 0 Å². The number of nitrogens with zero attached hydrogens (tertiary/aromatic N) is 3. The number of fused-ring (bicyclic) bond motifs is 1. The third-order valence-corrected chi connectivity index (χ3v) is 7.89. The average Bonchev–Trinajstić information content (AvgIpc) is 3.18. The second-order valence-corrected chi connectivity index (χ2v) is 9.61. The lowest BCUT2D eigenvalue weighted by Crippen LogP contribution is -2.40. The third kappa shape index (κ3) is 4.29. The summed E-state index contributed by atoms with van der Waals surface area (Å²) in [5, 5.41) is 17.5. The van der Waals surface area contributed by atoms with Crippen molar-refractivity contribution in [2.45, 2.75) is 46.0 Å². The molecule has 1 atom stereocenters. The van der Waals surface area contributed by atoms with Gasteiger partial charge in [0.05, 0.1) is 28.7 Å². The number of rotatable bonds is 6. The first-order chi connectivity index (χ1) is 14.9. The van der Waals surface area contributed by atoms with Crippen molar-refractivity contribution in [2.24, 2.45) is 5.41 Å². The first kappa shape index (κ1) is 23.9. The van der Waals surface area contributed by atoms with Gasteiger partial charge in [-0.3, -0.25) is 9.20 Å². The molecule has 0 saturated carbocycles. The zero-order valence-corrected chi connectivity index (χ0v) is 19.4. The maximum Gasteiger partial charge on any atom is 0.452 e. The summed E-state index contributed by atoms with van der Waals surface area (Å²) in [5.41, 5.74) is 1.92. The van der Waals surface area contributed by atoms with Crippen LogP contribution in [0.15, 0.2) is 30.5 Å². The normalized spacial score (nSPS) is 13.4. The van der Waals surface area contributed by atoms with Crippen molar-refractivity contribution in [1.29, 1.82) is 0 Å². The molecule has 0 aliphatic rings. The summed E-state index contributed by atoms with van der Waals surface area (Å²) in [6, 6.07) is 7.27. The molecule has 1 N–H and O–H groups in total. The van der Waals surface area contributed by atoms with Crippen molar-refractivity contribution in [3.8, 4) is 0 Å². The molecule has 2 aromatic heterocycles. The minimum Gasteiger partial charge on any atom is -0.469 e. The van der Waals surface area contributed by atoms with Gasteiger partial charge in [0.1, 0.15) is 0 Å². The number of alkyl halides is 3. The fourth-order valence-electron chi connectivity index (χ4n) is 3.69. The number of pyridine rings is 1. The van der Waals surface area contributed by atoms with Crippen LogP contribution in [0.5, 0.6) is 0 Å². The van der Waals surface area contributed by atoms with Crippen LogP contribution in [0.4, 0.5) is 13.2 Å². The Kier molecular flexibility index (Phi) is 6.48. The monoisotopic (exact) mass is 463 g/mol. The number of halogens is 3. The Morgan fingerprint density at radius 2 is 1.91 bits per heavy atom. The minimum absolute atomic E-state index is 0.0280. The van der Waals surface area contributed by atoms with E-state index in [-0.39, 0.29) is 27.3 Å². The SMILES string of the molecule is COC(=O)C(C)(C)[C@H]([Si]c1ccn2c(C(F)(F)F)nnc2c1C)c1ccc(C)c(CO)c1. The first-order valence-electron chi connectivity index (χ1n) is 9.88. The Morgan fingerprint density at radius 3 is 2.50 bits per heavy atom. The summed E-state index contributed by atoms with van der Waals surface area (Å²) in [5.74, 6) is -1.48. The maximum atomic E-state index is 13.2. The first-order valence-corrected chi connectivity index (χ1v) is 11.0. The van der Waals surface area contributed by atoms with Crippen LogP contribution in [0.3, 0.4) is 0 Å². The summed E-state index contributed by atoms with van der Waals surface area (Å²) in [4.78, 5) is 12.7. The highest BCUT2D eigenvalue weighted by atomic mass is 28.2. The molecule has 1 aromatic carbocycles. The van der Waals surface area contributed by atoms with E-state index in [0.29, 0.717) is 5.56 Å². The number of carbonyl (C=O) groups is 1. The number of ether oxygens (including phenoxy) is 1. The summed E-state index contributed by atoms with van der Waals surface area (Å²) in [6.07, 6.45) is -3.31.